The van der Waals surface area contributed by atoms with Crippen molar-refractivity contribution in [1.29, 1.82) is 0 Å². The summed E-state index contributed by atoms with van der Waals surface area (Å²) in [6, 6.07) is 0.668. The molecule has 4 nitrogen and oxygen atoms in total. The predicted octanol–water partition coefficient (Wildman–Crippen LogP) is 1.48. The molecule has 0 bridgehead atoms. The number of hydrogen-bond acceptors (Lipinski definition) is 4. The normalized spacial score (nSPS) is 39.9. The van der Waals surface area contributed by atoms with E-state index in [9.17, 15) is 5.11 Å². The number of rotatable bonds is 5. The molecular weight excluding hydrogens is 252 g/mol. The van der Waals surface area contributed by atoms with Gasteiger partial charge in [-0.15, -0.1) is 0 Å². The summed E-state index contributed by atoms with van der Waals surface area (Å²) >= 11 is 0. The van der Waals surface area contributed by atoms with Crippen LogP contribution in [0.1, 0.15) is 40.0 Å². The summed E-state index contributed by atoms with van der Waals surface area (Å²) in [5.41, 5.74) is 0. The molecule has 1 aliphatic carbocycles. The topological polar surface area (TPSA) is 44.7 Å². The summed E-state index contributed by atoms with van der Waals surface area (Å²) in [4.78, 5) is 2.50. The Balaban J connectivity index is 1.91. The van der Waals surface area contributed by atoms with Gasteiger partial charge in [-0.2, -0.15) is 0 Å². The van der Waals surface area contributed by atoms with Gasteiger partial charge in [0, 0.05) is 25.7 Å². The summed E-state index contributed by atoms with van der Waals surface area (Å²) in [7, 11) is 0. The molecule has 1 heterocycles. The number of ether oxygens (including phenoxy) is 1. The van der Waals surface area contributed by atoms with Gasteiger partial charge in [0.25, 0.3) is 0 Å². The lowest BCUT2D eigenvalue weighted by molar-refractivity contribution is -0.0998. The van der Waals surface area contributed by atoms with Crippen molar-refractivity contribution < 1.29 is 9.84 Å². The van der Waals surface area contributed by atoms with Gasteiger partial charge in [0.15, 0.2) is 0 Å². The summed E-state index contributed by atoms with van der Waals surface area (Å²) in [5, 5.41) is 13.0. The zero-order valence-electron chi connectivity index (χ0n) is 13.3. The second kappa shape index (κ2) is 7.74. The van der Waals surface area contributed by atoms with Crippen molar-refractivity contribution in [3.63, 3.8) is 0 Å². The first-order chi connectivity index (χ1) is 9.62. The molecule has 0 spiro atoms. The third kappa shape index (κ3) is 4.42. The van der Waals surface area contributed by atoms with Crippen LogP contribution < -0.4 is 5.32 Å². The van der Waals surface area contributed by atoms with E-state index in [2.05, 4.69) is 31.0 Å². The molecule has 4 heteroatoms. The maximum atomic E-state index is 9.35. The van der Waals surface area contributed by atoms with Crippen molar-refractivity contribution in [2.75, 3.05) is 32.8 Å². The maximum Gasteiger partial charge on any atom is 0.0936 e. The van der Waals surface area contributed by atoms with Crippen LogP contribution in [0.3, 0.4) is 0 Å². The summed E-state index contributed by atoms with van der Waals surface area (Å²) < 4.78 is 5.74. The van der Waals surface area contributed by atoms with Crippen molar-refractivity contribution >= 4 is 0 Å². The van der Waals surface area contributed by atoms with Crippen LogP contribution in [0.4, 0.5) is 0 Å². The Labute approximate surface area is 123 Å². The van der Waals surface area contributed by atoms with E-state index in [4.69, 9.17) is 4.74 Å². The van der Waals surface area contributed by atoms with E-state index in [1.54, 1.807) is 0 Å². The van der Waals surface area contributed by atoms with Gasteiger partial charge in [-0.1, -0.05) is 13.8 Å². The fraction of sp³-hybridized carbons (Fsp3) is 1.00. The number of aliphatic hydroxyl groups is 1. The SMILES string of the molecule is CCNC1CCC(C)CC1CN1CC(C)OC(CO)C1. The van der Waals surface area contributed by atoms with Gasteiger partial charge in [0.2, 0.25) is 0 Å². The quantitative estimate of drug-likeness (QED) is 0.803. The highest BCUT2D eigenvalue weighted by Crippen LogP contribution is 2.30. The summed E-state index contributed by atoms with van der Waals surface area (Å²) in [5.74, 6) is 1.59. The molecule has 0 radical (unpaired) electrons. The highest BCUT2D eigenvalue weighted by Gasteiger charge is 2.32. The average Bonchev–Trinajstić information content (AvgIpc) is 2.41. The lowest BCUT2D eigenvalue weighted by Gasteiger charge is -2.42. The molecule has 0 aromatic heterocycles. The van der Waals surface area contributed by atoms with E-state index in [1.807, 2.05) is 0 Å². The van der Waals surface area contributed by atoms with Crippen LogP contribution in [0, 0.1) is 11.8 Å². The number of hydrogen-bond donors (Lipinski definition) is 2. The molecule has 1 saturated carbocycles. The largest absolute Gasteiger partial charge is 0.394 e. The third-order valence-electron chi connectivity index (χ3n) is 4.81. The molecule has 118 valence electrons. The van der Waals surface area contributed by atoms with Gasteiger partial charge >= 0.3 is 0 Å². The van der Waals surface area contributed by atoms with Gasteiger partial charge in [-0.05, 0) is 44.6 Å². The summed E-state index contributed by atoms with van der Waals surface area (Å²) in [6.45, 7) is 10.9. The van der Waals surface area contributed by atoms with Crippen LogP contribution in [0.2, 0.25) is 0 Å². The zero-order chi connectivity index (χ0) is 14.5. The second-order valence-electron chi connectivity index (χ2n) is 6.81. The number of morpholine rings is 1. The lowest BCUT2D eigenvalue weighted by atomic mass is 9.78. The van der Waals surface area contributed by atoms with Gasteiger partial charge in [0.1, 0.15) is 0 Å². The third-order valence-corrected chi connectivity index (χ3v) is 4.81. The molecule has 0 amide bonds. The Morgan fingerprint density at radius 1 is 1.25 bits per heavy atom. The van der Waals surface area contributed by atoms with Crippen LogP contribution in [-0.4, -0.2) is 61.0 Å². The minimum absolute atomic E-state index is 0.00246. The van der Waals surface area contributed by atoms with Gasteiger partial charge < -0.3 is 15.2 Å². The first-order valence-corrected chi connectivity index (χ1v) is 8.34. The van der Waals surface area contributed by atoms with Crippen molar-refractivity contribution in [1.82, 2.24) is 10.2 Å². The molecule has 2 aliphatic rings. The van der Waals surface area contributed by atoms with Crippen molar-refractivity contribution in [2.45, 2.75) is 58.3 Å². The molecule has 2 N–H and O–H groups in total. The van der Waals surface area contributed by atoms with E-state index < -0.39 is 0 Å². The van der Waals surface area contributed by atoms with Crippen molar-refractivity contribution in [3.8, 4) is 0 Å². The second-order valence-corrected chi connectivity index (χ2v) is 6.81. The van der Waals surface area contributed by atoms with Crippen LogP contribution in [0.5, 0.6) is 0 Å². The van der Waals surface area contributed by atoms with Gasteiger partial charge in [-0.25, -0.2) is 0 Å². The van der Waals surface area contributed by atoms with Crippen molar-refractivity contribution in [3.05, 3.63) is 0 Å². The number of nitrogens with one attached hydrogen (secondary N) is 1. The first-order valence-electron chi connectivity index (χ1n) is 8.34. The first kappa shape index (κ1) is 16.2. The standard InChI is InChI=1S/C16H32N2O2/c1-4-17-16-6-5-12(2)7-14(16)9-18-8-13(3)20-15(10-18)11-19/h12-17,19H,4-11H2,1-3H3. The Hall–Kier alpha value is -0.160. The Bertz CT molecular complexity index is 288. The monoisotopic (exact) mass is 284 g/mol. The Morgan fingerprint density at radius 3 is 2.75 bits per heavy atom. The van der Waals surface area contributed by atoms with Gasteiger partial charge in [-0.3, -0.25) is 4.90 Å². The van der Waals surface area contributed by atoms with E-state index >= 15 is 0 Å². The molecule has 0 aromatic carbocycles. The highest BCUT2D eigenvalue weighted by atomic mass is 16.5. The number of aliphatic hydroxyl groups excluding tert-OH is 1. The van der Waals surface area contributed by atoms with Crippen LogP contribution in [-0.2, 0) is 4.74 Å². The van der Waals surface area contributed by atoms with Crippen LogP contribution in [0.25, 0.3) is 0 Å². The van der Waals surface area contributed by atoms with E-state index in [-0.39, 0.29) is 18.8 Å². The van der Waals surface area contributed by atoms with Gasteiger partial charge in [0.05, 0.1) is 18.8 Å². The Kier molecular flexibility index (Phi) is 6.27. The van der Waals surface area contributed by atoms with E-state index in [0.717, 1.165) is 38.0 Å². The zero-order valence-corrected chi connectivity index (χ0v) is 13.3. The molecular formula is C16H32N2O2. The van der Waals surface area contributed by atoms with Crippen molar-refractivity contribution in [2.24, 2.45) is 11.8 Å². The lowest BCUT2D eigenvalue weighted by Crippen LogP contribution is -2.52. The summed E-state index contributed by atoms with van der Waals surface area (Å²) in [6.07, 6.45) is 4.22. The fourth-order valence-corrected chi connectivity index (χ4v) is 3.95. The van der Waals surface area contributed by atoms with Crippen LogP contribution in [0.15, 0.2) is 0 Å². The molecule has 1 aliphatic heterocycles. The molecule has 5 unspecified atom stereocenters. The minimum Gasteiger partial charge on any atom is -0.394 e. The molecule has 20 heavy (non-hydrogen) atoms. The van der Waals surface area contributed by atoms with Crippen LogP contribution >= 0.6 is 0 Å². The Morgan fingerprint density at radius 2 is 2.05 bits per heavy atom. The average molecular weight is 284 g/mol. The molecule has 2 fully saturated rings. The smallest absolute Gasteiger partial charge is 0.0936 e. The molecule has 2 rings (SSSR count). The van der Waals surface area contributed by atoms with E-state index in [1.165, 1.54) is 19.3 Å². The molecule has 1 saturated heterocycles. The van der Waals surface area contributed by atoms with E-state index in [0.29, 0.717) is 6.04 Å². The highest BCUT2D eigenvalue weighted by molar-refractivity contribution is 4.87. The number of nitrogens with zero attached hydrogens (tertiary/aromatic N) is 1. The molecule has 0 aromatic rings. The molecule has 5 atom stereocenters. The fourth-order valence-electron chi connectivity index (χ4n) is 3.95. The minimum atomic E-state index is -0.00246. The predicted molar refractivity (Wildman–Crippen MR) is 81.8 cm³/mol. The maximum absolute atomic E-state index is 9.35.